The van der Waals surface area contributed by atoms with E-state index in [4.69, 9.17) is 5.73 Å². The molecular weight excluding hydrogens is 322 g/mol. The Morgan fingerprint density at radius 1 is 1.13 bits per heavy atom. The van der Waals surface area contributed by atoms with Crippen LogP contribution in [0.25, 0.3) is 0 Å². The zero-order valence-electron chi connectivity index (χ0n) is 12.9. The Hall–Kier alpha value is -1.20. The minimum atomic E-state index is -0.623. The normalized spacial score (nSPS) is 29.5. The topological polar surface area (TPSA) is 55.1 Å². The fourth-order valence-electron chi connectivity index (χ4n) is 4.05. The number of nitrogens with two attached hydrogens (primary N) is 1. The van der Waals surface area contributed by atoms with Gasteiger partial charge in [0.1, 0.15) is 11.6 Å². The van der Waals surface area contributed by atoms with Gasteiger partial charge in [-0.2, -0.15) is 0 Å². The van der Waals surface area contributed by atoms with Crippen molar-refractivity contribution in [3.8, 4) is 0 Å². The van der Waals surface area contributed by atoms with Crippen LogP contribution in [-0.4, -0.2) is 11.9 Å². The highest BCUT2D eigenvalue weighted by atomic mass is 35.5. The van der Waals surface area contributed by atoms with Gasteiger partial charge in [-0.25, -0.2) is 8.78 Å². The molecule has 128 valence electrons. The van der Waals surface area contributed by atoms with Gasteiger partial charge < -0.3 is 11.1 Å². The molecule has 1 amide bonds. The van der Waals surface area contributed by atoms with Gasteiger partial charge in [-0.05, 0) is 55.2 Å². The van der Waals surface area contributed by atoms with Crippen molar-refractivity contribution >= 4 is 18.3 Å². The lowest BCUT2D eigenvalue weighted by Crippen LogP contribution is -2.49. The highest BCUT2D eigenvalue weighted by Crippen LogP contribution is 2.41. The SMILES string of the molecule is Cl.NC1C2CCCC1CC(C(=O)NCc1cc(F)cc(F)c1)C2. The van der Waals surface area contributed by atoms with E-state index >= 15 is 0 Å². The number of benzene rings is 1. The third-order valence-electron chi connectivity index (χ3n) is 5.17. The molecule has 2 saturated carbocycles. The van der Waals surface area contributed by atoms with E-state index in [9.17, 15) is 13.6 Å². The van der Waals surface area contributed by atoms with Gasteiger partial charge in [0.15, 0.2) is 0 Å². The molecule has 2 unspecified atom stereocenters. The first-order valence-electron chi connectivity index (χ1n) is 8.01. The van der Waals surface area contributed by atoms with Crippen molar-refractivity contribution < 1.29 is 13.6 Å². The summed E-state index contributed by atoms with van der Waals surface area (Å²) in [5, 5.41) is 2.81. The summed E-state index contributed by atoms with van der Waals surface area (Å²) in [6.07, 6.45) is 5.09. The molecule has 2 aliphatic rings. The summed E-state index contributed by atoms with van der Waals surface area (Å²) in [5.41, 5.74) is 6.67. The van der Waals surface area contributed by atoms with Gasteiger partial charge in [0.25, 0.3) is 0 Å². The first kappa shape index (κ1) is 18.1. The minimum absolute atomic E-state index is 0. The van der Waals surface area contributed by atoms with Crippen LogP contribution in [0.1, 0.15) is 37.7 Å². The van der Waals surface area contributed by atoms with Crippen molar-refractivity contribution in [1.29, 1.82) is 0 Å². The number of hydrogen-bond donors (Lipinski definition) is 2. The summed E-state index contributed by atoms with van der Waals surface area (Å²) >= 11 is 0. The molecule has 1 aromatic rings. The smallest absolute Gasteiger partial charge is 0.223 e. The number of rotatable bonds is 3. The van der Waals surface area contributed by atoms with E-state index in [1.165, 1.54) is 18.6 Å². The van der Waals surface area contributed by atoms with E-state index in [1.807, 2.05) is 0 Å². The maximum atomic E-state index is 13.1. The van der Waals surface area contributed by atoms with E-state index < -0.39 is 11.6 Å². The molecule has 1 aromatic carbocycles. The number of carbonyl (C=O) groups excluding carboxylic acids is 1. The Balaban J connectivity index is 0.00000192. The average Bonchev–Trinajstić information content (AvgIpc) is 2.43. The Bertz CT molecular complexity index is 535. The molecule has 23 heavy (non-hydrogen) atoms. The summed E-state index contributed by atoms with van der Waals surface area (Å²) in [5.74, 6) is -0.406. The van der Waals surface area contributed by atoms with E-state index in [1.54, 1.807) is 0 Å². The molecule has 0 heterocycles. The molecule has 3 nitrogen and oxygen atoms in total. The summed E-state index contributed by atoms with van der Waals surface area (Å²) in [6.45, 7) is 0.158. The molecule has 2 atom stereocenters. The predicted octanol–water partition coefficient (Wildman–Crippen LogP) is 3.16. The van der Waals surface area contributed by atoms with Crippen LogP contribution in [0.4, 0.5) is 8.78 Å². The number of amides is 1. The number of fused-ring (bicyclic) bond motifs is 2. The standard InChI is InChI=1S/C17H22F2N2O.ClH/c18-14-4-10(5-15(19)8-14)9-21-17(22)13-6-11-2-1-3-12(7-13)16(11)20;/h4-5,8,11-13,16H,1-3,6-7,9,20H2,(H,21,22);1H. The van der Waals surface area contributed by atoms with E-state index in [0.717, 1.165) is 31.7 Å². The molecule has 2 aliphatic carbocycles. The monoisotopic (exact) mass is 344 g/mol. The molecule has 0 radical (unpaired) electrons. The maximum Gasteiger partial charge on any atom is 0.223 e. The van der Waals surface area contributed by atoms with Crippen LogP contribution in [0.2, 0.25) is 0 Å². The summed E-state index contributed by atoms with van der Waals surface area (Å²) in [6, 6.07) is 3.55. The minimum Gasteiger partial charge on any atom is -0.352 e. The van der Waals surface area contributed by atoms with Crippen molar-refractivity contribution in [3.63, 3.8) is 0 Å². The first-order chi connectivity index (χ1) is 10.5. The second-order valence-corrected chi connectivity index (χ2v) is 6.69. The second-order valence-electron chi connectivity index (χ2n) is 6.69. The molecule has 3 rings (SSSR count). The average molecular weight is 345 g/mol. The third-order valence-corrected chi connectivity index (χ3v) is 5.17. The fourth-order valence-corrected chi connectivity index (χ4v) is 4.05. The molecule has 0 aliphatic heterocycles. The lowest BCUT2D eigenvalue weighted by Gasteiger charge is -2.43. The van der Waals surface area contributed by atoms with E-state index in [0.29, 0.717) is 17.4 Å². The Morgan fingerprint density at radius 3 is 2.26 bits per heavy atom. The Kier molecular flexibility index (Phi) is 5.98. The molecule has 3 N–H and O–H groups in total. The van der Waals surface area contributed by atoms with Gasteiger partial charge in [-0.1, -0.05) is 6.42 Å². The predicted molar refractivity (Wildman–Crippen MR) is 87.0 cm³/mol. The first-order valence-corrected chi connectivity index (χ1v) is 8.01. The van der Waals surface area contributed by atoms with Gasteiger partial charge >= 0.3 is 0 Å². The molecule has 0 spiro atoms. The molecule has 2 fully saturated rings. The zero-order chi connectivity index (χ0) is 15.7. The van der Waals surface area contributed by atoms with Crippen molar-refractivity contribution in [2.75, 3.05) is 0 Å². The second kappa shape index (κ2) is 7.58. The summed E-state index contributed by atoms with van der Waals surface area (Å²) in [4.78, 5) is 12.3. The fraction of sp³-hybridized carbons (Fsp3) is 0.588. The zero-order valence-corrected chi connectivity index (χ0v) is 13.8. The number of hydrogen-bond acceptors (Lipinski definition) is 2. The molecule has 6 heteroatoms. The van der Waals surface area contributed by atoms with Crippen LogP contribution in [0.15, 0.2) is 18.2 Å². The Morgan fingerprint density at radius 2 is 1.70 bits per heavy atom. The van der Waals surface area contributed by atoms with Crippen LogP contribution in [0.3, 0.4) is 0 Å². The molecule has 2 bridgehead atoms. The summed E-state index contributed by atoms with van der Waals surface area (Å²) in [7, 11) is 0. The highest BCUT2D eigenvalue weighted by Gasteiger charge is 2.40. The van der Waals surface area contributed by atoms with Crippen molar-refractivity contribution in [2.45, 2.75) is 44.7 Å². The number of nitrogens with one attached hydrogen (secondary N) is 1. The van der Waals surface area contributed by atoms with Crippen LogP contribution in [-0.2, 0) is 11.3 Å². The van der Waals surface area contributed by atoms with Crippen LogP contribution >= 0.6 is 12.4 Å². The number of carbonyl (C=O) groups is 1. The lowest BCUT2D eigenvalue weighted by atomic mass is 9.65. The van der Waals surface area contributed by atoms with Crippen molar-refractivity contribution in [2.24, 2.45) is 23.5 Å². The van der Waals surface area contributed by atoms with Gasteiger partial charge in [-0.3, -0.25) is 4.79 Å². The van der Waals surface area contributed by atoms with Crippen molar-refractivity contribution in [1.82, 2.24) is 5.32 Å². The Labute approximate surface area is 141 Å². The molecule has 0 saturated heterocycles. The van der Waals surface area contributed by atoms with E-state index in [-0.39, 0.29) is 36.8 Å². The largest absolute Gasteiger partial charge is 0.352 e. The van der Waals surface area contributed by atoms with Gasteiger partial charge in [0.05, 0.1) is 0 Å². The molecular formula is C17H23ClF2N2O. The molecule has 0 aromatic heterocycles. The summed E-state index contributed by atoms with van der Waals surface area (Å²) < 4.78 is 26.3. The van der Waals surface area contributed by atoms with Gasteiger partial charge in [0, 0.05) is 24.6 Å². The van der Waals surface area contributed by atoms with E-state index in [2.05, 4.69) is 5.32 Å². The quantitative estimate of drug-likeness (QED) is 0.885. The maximum absolute atomic E-state index is 13.1. The van der Waals surface area contributed by atoms with Gasteiger partial charge in [0.2, 0.25) is 5.91 Å². The van der Waals surface area contributed by atoms with Crippen LogP contribution in [0.5, 0.6) is 0 Å². The van der Waals surface area contributed by atoms with Gasteiger partial charge in [-0.15, -0.1) is 12.4 Å². The van der Waals surface area contributed by atoms with Crippen LogP contribution < -0.4 is 11.1 Å². The number of halogens is 3. The third kappa shape index (κ3) is 4.21. The van der Waals surface area contributed by atoms with Crippen molar-refractivity contribution in [3.05, 3.63) is 35.4 Å². The van der Waals surface area contributed by atoms with Crippen LogP contribution in [0, 0.1) is 29.4 Å². The lowest BCUT2D eigenvalue weighted by molar-refractivity contribution is -0.128. The highest BCUT2D eigenvalue weighted by molar-refractivity contribution is 5.85.